The van der Waals surface area contributed by atoms with E-state index in [9.17, 15) is 8.42 Å². The molecule has 0 radical (unpaired) electrons. The number of nitrogens with two attached hydrogens (primary N) is 1. The Morgan fingerprint density at radius 1 is 1.30 bits per heavy atom. The molecule has 1 saturated heterocycles. The van der Waals surface area contributed by atoms with E-state index in [4.69, 9.17) is 9.88 Å². The van der Waals surface area contributed by atoms with Gasteiger partial charge >= 0.3 is 0 Å². The minimum atomic E-state index is -3.63. The van der Waals surface area contributed by atoms with Crippen LogP contribution in [-0.4, -0.2) is 26.4 Å². The topological polar surface area (TPSA) is 69.4 Å². The van der Waals surface area contributed by atoms with Crippen molar-refractivity contribution in [3.8, 4) is 0 Å². The van der Waals surface area contributed by atoms with Crippen LogP contribution in [0.25, 0.3) is 0 Å². The van der Waals surface area contributed by atoms with Gasteiger partial charge in [-0.1, -0.05) is 12.1 Å². The first-order chi connectivity index (χ1) is 9.33. The van der Waals surface area contributed by atoms with Crippen molar-refractivity contribution in [2.45, 2.75) is 30.9 Å². The van der Waals surface area contributed by atoms with Crippen LogP contribution >= 0.6 is 22.6 Å². The average molecular weight is 409 g/mol. The maximum absolute atomic E-state index is 12.2. The Bertz CT molecular complexity index is 552. The maximum Gasteiger partial charge on any atom is 0.215 e. The van der Waals surface area contributed by atoms with Crippen molar-refractivity contribution in [1.82, 2.24) is 0 Å². The third-order valence-corrected chi connectivity index (χ3v) is 6.70. The number of sulfonamides is 1. The molecule has 1 fully saturated rings. The lowest BCUT2D eigenvalue weighted by Crippen LogP contribution is -2.50. The van der Waals surface area contributed by atoms with E-state index in [1.165, 1.54) is 0 Å². The van der Waals surface area contributed by atoms with Gasteiger partial charge in [-0.25, -0.2) is 13.6 Å². The summed E-state index contributed by atoms with van der Waals surface area (Å²) in [6, 6.07) is 7.93. The Morgan fingerprint density at radius 3 is 2.35 bits per heavy atom. The van der Waals surface area contributed by atoms with E-state index in [0.29, 0.717) is 19.6 Å². The van der Waals surface area contributed by atoms with Crippen LogP contribution in [0.4, 0.5) is 0 Å². The highest BCUT2D eigenvalue weighted by Crippen LogP contribution is 2.35. The van der Waals surface area contributed by atoms with Gasteiger partial charge in [-0.05, 0) is 72.4 Å². The molecule has 0 bridgehead atoms. The quantitative estimate of drug-likeness (QED) is 0.777. The third kappa shape index (κ3) is 3.52. The third-order valence-electron chi connectivity index (χ3n) is 4.20. The number of rotatable bonds is 4. The zero-order valence-electron chi connectivity index (χ0n) is 11.5. The highest BCUT2D eigenvalue weighted by atomic mass is 127. The minimum absolute atomic E-state index is 0.0468. The first-order valence-corrected chi connectivity index (χ1v) is 9.30. The molecule has 0 aromatic heterocycles. The van der Waals surface area contributed by atoms with Crippen LogP contribution in [-0.2, 0) is 21.2 Å². The molecule has 1 aromatic carbocycles. The molecule has 6 heteroatoms. The monoisotopic (exact) mass is 409 g/mol. The van der Waals surface area contributed by atoms with Gasteiger partial charge < -0.3 is 4.74 Å². The van der Waals surface area contributed by atoms with Crippen LogP contribution in [0.2, 0.25) is 0 Å². The summed E-state index contributed by atoms with van der Waals surface area (Å²) in [6.45, 7) is 3.00. The van der Waals surface area contributed by atoms with E-state index >= 15 is 0 Å². The van der Waals surface area contributed by atoms with Crippen LogP contribution < -0.4 is 5.14 Å². The van der Waals surface area contributed by atoms with Crippen LogP contribution in [0.15, 0.2) is 24.3 Å². The van der Waals surface area contributed by atoms with E-state index in [2.05, 4.69) is 22.6 Å². The molecule has 1 aliphatic rings. The first-order valence-electron chi connectivity index (χ1n) is 6.67. The number of halogens is 1. The first kappa shape index (κ1) is 16.2. The molecular weight excluding hydrogens is 389 g/mol. The second kappa shape index (κ2) is 6.29. The summed E-state index contributed by atoms with van der Waals surface area (Å²) in [5.41, 5.74) is 1.01. The van der Waals surface area contributed by atoms with Crippen LogP contribution in [0.3, 0.4) is 0 Å². The van der Waals surface area contributed by atoms with E-state index in [0.717, 1.165) is 22.0 Å². The normalized spacial score (nSPS) is 20.6. The van der Waals surface area contributed by atoms with Gasteiger partial charge in [-0.2, -0.15) is 0 Å². The molecule has 1 aliphatic heterocycles. The molecule has 1 aromatic rings. The van der Waals surface area contributed by atoms with Crippen molar-refractivity contribution in [2.24, 2.45) is 11.1 Å². The van der Waals surface area contributed by atoms with E-state index in [1.807, 2.05) is 24.3 Å². The molecule has 0 spiro atoms. The summed E-state index contributed by atoms with van der Waals surface area (Å²) in [6.07, 6.45) is 1.95. The van der Waals surface area contributed by atoms with E-state index in [-0.39, 0.29) is 5.92 Å². The summed E-state index contributed by atoms with van der Waals surface area (Å²) in [5.74, 6) is 0.0468. The van der Waals surface area contributed by atoms with E-state index < -0.39 is 14.8 Å². The van der Waals surface area contributed by atoms with Crippen molar-refractivity contribution in [1.29, 1.82) is 0 Å². The predicted octanol–water partition coefficient (Wildman–Crippen LogP) is 2.31. The molecule has 1 atom stereocenters. The Labute approximate surface area is 134 Å². The zero-order chi connectivity index (χ0) is 14.8. The highest BCUT2D eigenvalue weighted by molar-refractivity contribution is 14.1. The fourth-order valence-corrected chi connectivity index (χ4v) is 4.22. The lowest BCUT2D eigenvalue weighted by atomic mass is 9.82. The molecule has 0 amide bonds. The van der Waals surface area contributed by atoms with Crippen molar-refractivity contribution in [3.63, 3.8) is 0 Å². The molecular formula is C14H20INO3S. The summed E-state index contributed by atoms with van der Waals surface area (Å²) in [5, 5.41) is 5.55. The Kier molecular flexibility index (Phi) is 5.09. The second-order valence-electron chi connectivity index (χ2n) is 5.55. The van der Waals surface area contributed by atoms with Crippen molar-refractivity contribution in [3.05, 3.63) is 33.4 Å². The molecule has 1 unspecified atom stereocenters. The van der Waals surface area contributed by atoms with Gasteiger partial charge in [0.1, 0.15) is 0 Å². The maximum atomic E-state index is 12.2. The average Bonchev–Trinajstić information content (AvgIpc) is 2.41. The van der Waals surface area contributed by atoms with Gasteiger partial charge in [-0.3, -0.25) is 0 Å². The van der Waals surface area contributed by atoms with Crippen molar-refractivity contribution >= 4 is 32.6 Å². The smallest absolute Gasteiger partial charge is 0.215 e. The number of primary sulfonamides is 1. The largest absolute Gasteiger partial charge is 0.381 e. The van der Waals surface area contributed by atoms with Gasteiger partial charge in [0.05, 0.1) is 4.75 Å². The summed E-state index contributed by atoms with van der Waals surface area (Å²) < 4.78 is 29.9. The lowest BCUT2D eigenvalue weighted by Gasteiger charge is -2.38. The van der Waals surface area contributed by atoms with Gasteiger partial charge in [-0.15, -0.1) is 0 Å². The van der Waals surface area contributed by atoms with Crippen molar-refractivity contribution in [2.75, 3.05) is 13.2 Å². The molecule has 112 valence electrons. The fraction of sp³-hybridized carbons (Fsp3) is 0.571. The van der Waals surface area contributed by atoms with Crippen LogP contribution in [0.1, 0.15) is 25.3 Å². The minimum Gasteiger partial charge on any atom is -0.381 e. The standard InChI is InChI=1S/C14H20INO3S/c1-14(20(16,17)18,12-6-8-19-9-7-12)10-11-2-4-13(15)5-3-11/h2-5,12H,6-10H2,1H3,(H2,16,17,18). The Hall–Kier alpha value is -0.180. The number of hydrogen-bond donors (Lipinski definition) is 1. The molecule has 20 heavy (non-hydrogen) atoms. The number of hydrogen-bond acceptors (Lipinski definition) is 3. The predicted molar refractivity (Wildman–Crippen MR) is 87.9 cm³/mol. The lowest BCUT2D eigenvalue weighted by molar-refractivity contribution is 0.0541. The molecule has 4 nitrogen and oxygen atoms in total. The fourth-order valence-electron chi connectivity index (χ4n) is 2.79. The van der Waals surface area contributed by atoms with Gasteiger partial charge in [0.2, 0.25) is 10.0 Å². The molecule has 2 rings (SSSR count). The molecule has 1 heterocycles. The number of ether oxygens (including phenoxy) is 1. The summed E-state index contributed by atoms with van der Waals surface area (Å²) >= 11 is 2.23. The second-order valence-corrected chi connectivity index (χ2v) is 8.82. The Morgan fingerprint density at radius 2 is 1.85 bits per heavy atom. The Balaban J connectivity index is 2.29. The van der Waals surface area contributed by atoms with Gasteiger partial charge in [0, 0.05) is 16.8 Å². The molecule has 2 N–H and O–H groups in total. The SMILES string of the molecule is CC(Cc1ccc(I)cc1)(C1CCOCC1)S(N)(=O)=O. The van der Waals surface area contributed by atoms with Crippen LogP contribution in [0, 0.1) is 9.49 Å². The van der Waals surface area contributed by atoms with Crippen molar-refractivity contribution < 1.29 is 13.2 Å². The van der Waals surface area contributed by atoms with Gasteiger partial charge in [0.25, 0.3) is 0 Å². The molecule has 0 saturated carbocycles. The molecule has 0 aliphatic carbocycles. The van der Waals surface area contributed by atoms with Crippen LogP contribution in [0.5, 0.6) is 0 Å². The highest BCUT2D eigenvalue weighted by Gasteiger charge is 2.44. The summed E-state index contributed by atoms with van der Waals surface area (Å²) in [4.78, 5) is 0. The van der Waals surface area contributed by atoms with E-state index in [1.54, 1.807) is 6.92 Å². The summed E-state index contributed by atoms with van der Waals surface area (Å²) in [7, 11) is -3.63. The zero-order valence-corrected chi connectivity index (χ0v) is 14.5. The van der Waals surface area contributed by atoms with Gasteiger partial charge in [0.15, 0.2) is 0 Å². The number of benzene rings is 1.